The molecule has 0 radical (unpaired) electrons. The van der Waals surface area contributed by atoms with Crippen LogP contribution in [0.25, 0.3) is 113 Å². The van der Waals surface area contributed by atoms with Crippen molar-refractivity contribution < 1.29 is 4.42 Å². The summed E-state index contributed by atoms with van der Waals surface area (Å²) in [5, 5.41) is 2.22. The van der Waals surface area contributed by atoms with Crippen LogP contribution < -0.4 is 0 Å². The van der Waals surface area contributed by atoms with Gasteiger partial charge in [0.15, 0.2) is 34.9 Å². The van der Waals surface area contributed by atoms with Crippen LogP contribution in [0.1, 0.15) is 25.0 Å². The predicted octanol–water partition coefficient (Wildman–Crippen LogP) is 13.9. The van der Waals surface area contributed by atoms with Crippen molar-refractivity contribution >= 4 is 21.9 Å². The summed E-state index contributed by atoms with van der Waals surface area (Å²) in [7, 11) is 0. The molecule has 11 aromatic rings. The van der Waals surface area contributed by atoms with E-state index in [4.69, 9.17) is 34.3 Å². The first-order chi connectivity index (χ1) is 31.5. The van der Waals surface area contributed by atoms with Gasteiger partial charge in [-0.1, -0.05) is 196 Å². The summed E-state index contributed by atoms with van der Waals surface area (Å²) in [5.41, 5.74) is 14.0. The second-order valence-electron chi connectivity index (χ2n) is 16.7. The maximum atomic E-state index is 6.77. The molecule has 302 valence electrons. The van der Waals surface area contributed by atoms with E-state index in [0.717, 1.165) is 66.4 Å². The SMILES string of the molecule is CC1(C)c2ccccc2-c2cc3c(cc21)oc1c(-c2ccc(-c4nc(-c5ccccc5)nc(-c5ccccc5-c5nc(-c6ccccc6)nc(-c6ccccc6)n5)n4)cc2)cccc13. The molecule has 0 fully saturated rings. The van der Waals surface area contributed by atoms with E-state index in [0.29, 0.717) is 34.9 Å². The topological polar surface area (TPSA) is 90.5 Å². The van der Waals surface area contributed by atoms with E-state index in [9.17, 15) is 0 Å². The second kappa shape index (κ2) is 14.9. The Morgan fingerprint density at radius 3 is 1.27 bits per heavy atom. The summed E-state index contributed by atoms with van der Waals surface area (Å²) >= 11 is 0. The van der Waals surface area contributed by atoms with Crippen LogP contribution in [0.2, 0.25) is 0 Å². The van der Waals surface area contributed by atoms with Gasteiger partial charge in [0.05, 0.1) is 0 Å². The zero-order valence-corrected chi connectivity index (χ0v) is 35.1. The van der Waals surface area contributed by atoms with Crippen LogP contribution in [0.15, 0.2) is 199 Å². The van der Waals surface area contributed by atoms with Gasteiger partial charge in [-0.15, -0.1) is 0 Å². The minimum absolute atomic E-state index is 0.111. The second-order valence-corrected chi connectivity index (χ2v) is 16.7. The number of fused-ring (bicyclic) bond motifs is 6. The molecule has 8 aromatic carbocycles. The monoisotopic (exact) mass is 822 g/mol. The van der Waals surface area contributed by atoms with Crippen LogP contribution in [0.5, 0.6) is 0 Å². The molecular weight excluding hydrogens is 785 g/mol. The summed E-state index contributed by atoms with van der Waals surface area (Å²) in [6, 6.07) is 66.1. The van der Waals surface area contributed by atoms with Crippen LogP contribution in [-0.4, -0.2) is 29.9 Å². The van der Waals surface area contributed by atoms with E-state index < -0.39 is 0 Å². The number of hydrogen-bond donors (Lipinski definition) is 0. The fourth-order valence-electron chi connectivity index (χ4n) is 9.16. The third-order valence-electron chi connectivity index (χ3n) is 12.4. The van der Waals surface area contributed by atoms with Crippen LogP contribution >= 0.6 is 0 Å². The predicted molar refractivity (Wildman–Crippen MR) is 256 cm³/mol. The zero-order valence-electron chi connectivity index (χ0n) is 35.1. The van der Waals surface area contributed by atoms with Gasteiger partial charge in [0.1, 0.15) is 11.2 Å². The fourth-order valence-corrected chi connectivity index (χ4v) is 9.16. The molecule has 0 N–H and O–H groups in total. The van der Waals surface area contributed by atoms with Crippen LogP contribution in [0.3, 0.4) is 0 Å². The van der Waals surface area contributed by atoms with E-state index in [2.05, 4.69) is 92.7 Å². The fraction of sp³-hybridized carbons (Fsp3) is 0.0526. The normalized spacial score (nSPS) is 12.7. The van der Waals surface area contributed by atoms with Crippen LogP contribution in [-0.2, 0) is 5.41 Å². The van der Waals surface area contributed by atoms with E-state index >= 15 is 0 Å². The van der Waals surface area contributed by atoms with Crippen molar-refractivity contribution in [3.05, 3.63) is 205 Å². The number of nitrogens with zero attached hydrogens (tertiary/aromatic N) is 6. The molecule has 0 saturated heterocycles. The first-order valence-electron chi connectivity index (χ1n) is 21.4. The lowest BCUT2D eigenvalue weighted by Crippen LogP contribution is -2.14. The quantitative estimate of drug-likeness (QED) is 0.158. The Bertz CT molecular complexity index is 3510. The molecule has 0 amide bonds. The largest absolute Gasteiger partial charge is 0.455 e. The Hall–Kier alpha value is -8.42. The molecular formula is C57H38N6O. The molecule has 0 spiro atoms. The van der Waals surface area contributed by atoms with Crippen LogP contribution in [0.4, 0.5) is 0 Å². The van der Waals surface area contributed by atoms with Crippen molar-refractivity contribution in [1.29, 1.82) is 0 Å². The molecule has 0 unspecified atom stereocenters. The lowest BCUT2D eigenvalue weighted by Gasteiger charge is -2.21. The highest BCUT2D eigenvalue weighted by atomic mass is 16.3. The molecule has 1 aliphatic carbocycles. The maximum absolute atomic E-state index is 6.77. The Labute approximate surface area is 369 Å². The molecule has 0 bridgehead atoms. The molecule has 1 aliphatic rings. The standard InChI is InChI=1S/C57H38N6O/c1-57(2)47-28-15-14-23-41(47)45-33-46-42-27-16-26-40(50(42)64-49(46)34-48(45)57)35-29-31-39(32-30-35)54-59-53(38-21-10-5-11-22-38)62-56(63-54)44-25-13-12-24-43(44)55-60-51(36-17-6-3-7-18-36)58-52(61-55)37-19-8-4-9-20-37/h3-34H,1-2H3. The minimum atomic E-state index is -0.111. The van der Waals surface area contributed by atoms with E-state index in [1.54, 1.807) is 0 Å². The molecule has 7 nitrogen and oxygen atoms in total. The average molecular weight is 823 g/mol. The smallest absolute Gasteiger partial charge is 0.164 e. The molecule has 3 aromatic heterocycles. The highest BCUT2D eigenvalue weighted by Crippen LogP contribution is 2.51. The number of furan rings is 1. The van der Waals surface area contributed by atoms with E-state index in [1.165, 1.54) is 22.3 Å². The van der Waals surface area contributed by atoms with Crippen molar-refractivity contribution in [1.82, 2.24) is 29.9 Å². The summed E-state index contributed by atoms with van der Waals surface area (Å²) < 4.78 is 6.77. The maximum Gasteiger partial charge on any atom is 0.164 e. The molecule has 3 heterocycles. The van der Waals surface area contributed by atoms with Gasteiger partial charge in [0, 0.05) is 55.1 Å². The van der Waals surface area contributed by atoms with Gasteiger partial charge in [-0.05, 0) is 39.9 Å². The van der Waals surface area contributed by atoms with Gasteiger partial charge in [0.25, 0.3) is 0 Å². The van der Waals surface area contributed by atoms with Gasteiger partial charge >= 0.3 is 0 Å². The lowest BCUT2D eigenvalue weighted by molar-refractivity contribution is 0.648. The van der Waals surface area contributed by atoms with Gasteiger partial charge in [-0.3, -0.25) is 0 Å². The minimum Gasteiger partial charge on any atom is -0.455 e. The Kier molecular flexibility index (Phi) is 8.69. The van der Waals surface area contributed by atoms with Crippen LogP contribution in [0, 0.1) is 0 Å². The van der Waals surface area contributed by atoms with Crippen molar-refractivity contribution in [2.75, 3.05) is 0 Å². The number of hydrogen-bond acceptors (Lipinski definition) is 7. The molecule has 12 rings (SSSR count). The molecule has 0 atom stereocenters. The van der Waals surface area contributed by atoms with Crippen molar-refractivity contribution in [3.63, 3.8) is 0 Å². The Morgan fingerprint density at radius 1 is 0.312 bits per heavy atom. The highest BCUT2D eigenvalue weighted by molar-refractivity contribution is 6.11. The van der Waals surface area contributed by atoms with Crippen molar-refractivity contribution in [2.45, 2.75) is 19.3 Å². The summed E-state index contributed by atoms with van der Waals surface area (Å²) in [5.74, 6) is 3.31. The van der Waals surface area contributed by atoms with Crippen molar-refractivity contribution in [3.8, 4) is 90.6 Å². The molecule has 0 aliphatic heterocycles. The highest BCUT2D eigenvalue weighted by Gasteiger charge is 2.36. The van der Waals surface area contributed by atoms with E-state index in [-0.39, 0.29) is 5.41 Å². The Morgan fingerprint density at radius 2 is 0.734 bits per heavy atom. The summed E-state index contributed by atoms with van der Waals surface area (Å²) in [6.45, 7) is 4.60. The first kappa shape index (κ1) is 37.4. The van der Waals surface area contributed by atoms with Gasteiger partial charge in [-0.2, -0.15) is 0 Å². The Balaban J connectivity index is 0.962. The molecule has 0 saturated carbocycles. The number of para-hydroxylation sites is 1. The first-order valence-corrected chi connectivity index (χ1v) is 21.4. The van der Waals surface area contributed by atoms with Gasteiger partial charge in [-0.25, -0.2) is 29.9 Å². The van der Waals surface area contributed by atoms with Gasteiger partial charge in [0.2, 0.25) is 0 Å². The molecule has 7 heteroatoms. The number of rotatable bonds is 7. The zero-order chi connectivity index (χ0) is 42.8. The summed E-state index contributed by atoms with van der Waals surface area (Å²) in [4.78, 5) is 30.4. The number of aromatic nitrogens is 6. The average Bonchev–Trinajstić information content (AvgIpc) is 3.84. The third kappa shape index (κ3) is 6.28. The van der Waals surface area contributed by atoms with E-state index in [1.807, 2.05) is 115 Å². The summed E-state index contributed by atoms with van der Waals surface area (Å²) in [6.07, 6.45) is 0. The molecule has 64 heavy (non-hydrogen) atoms. The third-order valence-corrected chi connectivity index (χ3v) is 12.4. The van der Waals surface area contributed by atoms with Crippen molar-refractivity contribution in [2.24, 2.45) is 0 Å². The van der Waals surface area contributed by atoms with Gasteiger partial charge < -0.3 is 4.42 Å². The number of benzene rings is 8. The lowest BCUT2D eigenvalue weighted by atomic mass is 9.82.